The molecule has 1 heterocycles. The minimum Gasteiger partial charge on any atom is -0.597 e. The van der Waals surface area contributed by atoms with Crippen LogP contribution in [-0.2, 0) is 16.2 Å². The molecule has 0 aromatic rings. The Hall–Kier alpha value is -0.0600. The molecule has 14 heavy (non-hydrogen) atoms. The van der Waals surface area contributed by atoms with Gasteiger partial charge >= 0.3 is 0 Å². The van der Waals surface area contributed by atoms with Crippen molar-refractivity contribution in [2.24, 2.45) is 0 Å². The molecule has 1 fully saturated rings. The van der Waals surface area contributed by atoms with E-state index in [4.69, 9.17) is 0 Å². The van der Waals surface area contributed by atoms with E-state index in [-0.39, 0.29) is 22.6 Å². The second-order valence-electron chi connectivity index (χ2n) is 4.75. The van der Waals surface area contributed by atoms with Crippen LogP contribution in [0.1, 0.15) is 41.0 Å². The summed E-state index contributed by atoms with van der Waals surface area (Å²) in [6, 6.07) is 0.104. The molecule has 0 N–H and O–H groups in total. The highest BCUT2D eigenvalue weighted by Crippen LogP contribution is 2.39. The van der Waals surface area contributed by atoms with Gasteiger partial charge in [-0.1, -0.05) is 6.92 Å². The van der Waals surface area contributed by atoms with Crippen LogP contribution in [0.3, 0.4) is 0 Å². The van der Waals surface area contributed by atoms with E-state index in [0.29, 0.717) is 0 Å². The first-order valence-corrected chi connectivity index (χ1v) is 6.12. The van der Waals surface area contributed by atoms with E-state index in [2.05, 4.69) is 0 Å². The molecular weight excluding hydrogens is 198 g/mol. The molecule has 4 heteroatoms. The van der Waals surface area contributed by atoms with Crippen molar-refractivity contribution < 1.29 is 9.35 Å². The van der Waals surface area contributed by atoms with Gasteiger partial charge in [-0.25, -0.2) is 0 Å². The predicted octanol–water partition coefficient (Wildman–Crippen LogP) is 1.50. The summed E-state index contributed by atoms with van der Waals surface area (Å²) in [5.74, 6) is 0.134. The normalized spacial score (nSPS) is 34.0. The van der Waals surface area contributed by atoms with Gasteiger partial charge in [0.05, 0.1) is 6.04 Å². The standard InChI is InChI=1S/C10H19NO2S/c1-6-8-9(7(2)12)11(8)14(13)10(3,4)5/h8-9H,6H2,1-5H3/t8-,9+,11?,14-/m1/s1. The van der Waals surface area contributed by atoms with Crippen molar-refractivity contribution in [1.29, 1.82) is 0 Å². The quantitative estimate of drug-likeness (QED) is 0.531. The molecule has 0 aliphatic carbocycles. The highest BCUT2D eigenvalue weighted by atomic mass is 32.2. The summed E-state index contributed by atoms with van der Waals surface area (Å²) in [5, 5.41) is 0. The molecule has 3 nitrogen and oxygen atoms in total. The third kappa shape index (κ3) is 2.12. The number of hydrogen-bond acceptors (Lipinski definition) is 3. The first kappa shape index (κ1) is 12.0. The number of nitrogens with zero attached hydrogens (tertiary/aromatic N) is 1. The lowest BCUT2D eigenvalue weighted by molar-refractivity contribution is -0.117. The van der Waals surface area contributed by atoms with Gasteiger partial charge in [-0.2, -0.15) is 0 Å². The van der Waals surface area contributed by atoms with Crippen LogP contribution in [0.4, 0.5) is 0 Å². The van der Waals surface area contributed by atoms with E-state index in [9.17, 15) is 9.35 Å². The smallest absolute Gasteiger partial charge is 0.153 e. The SMILES string of the molecule is CC[C@@H]1[C@H](C(C)=O)N1[S@+]([O-])C(C)(C)C. The van der Waals surface area contributed by atoms with Crippen molar-refractivity contribution in [3.8, 4) is 0 Å². The summed E-state index contributed by atoms with van der Waals surface area (Å²) in [7, 11) is 0. The number of hydrogen-bond donors (Lipinski definition) is 0. The second kappa shape index (κ2) is 3.83. The van der Waals surface area contributed by atoms with E-state index in [1.54, 1.807) is 6.92 Å². The summed E-state index contributed by atoms with van der Waals surface area (Å²) < 4.78 is 13.6. The molecule has 0 radical (unpaired) electrons. The number of Topliss-reactive ketones (excluding diaryl/α,β-unsaturated/α-hetero) is 1. The Morgan fingerprint density at radius 1 is 1.50 bits per heavy atom. The van der Waals surface area contributed by atoms with Gasteiger partial charge in [0.25, 0.3) is 0 Å². The average molecular weight is 217 g/mol. The summed E-state index contributed by atoms with van der Waals surface area (Å²) >= 11 is -1.05. The first-order chi connectivity index (χ1) is 6.30. The number of rotatable bonds is 3. The Balaban J connectivity index is 2.68. The zero-order chi connectivity index (χ0) is 11.1. The molecule has 82 valence electrons. The number of carbonyl (C=O) groups is 1. The van der Waals surface area contributed by atoms with E-state index >= 15 is 0 Å². The lowest BCUT2D eigenvalue weighted by Crippen LogP contribution is -2.35. The van der Waals surface area contributed by atoms with Gasteiger partial charge < -0.3 is 4.55 Å². The van der Waals surface area contributed by atoms with Crippen LogP contribution in [0.25, 0.3) is 0 Å². The Labute approximate surface area is 89.2 Å². The first-order valence-electron chi connectivity index (χ1n) is 5.01. The monoisotopic (exact) mass is 217 g/mol. The lowest BCUT2D eigenvalue weighted by atomic mass is 10.2. The molecule has 4 atom stereocenters. The largest absolute Gasteiger partial charge is 0.597 e. The summed E-state index contributed by atoms with van der Waals surface area (Å²) in [4.78, 5) is 11.2. The average Bonchev–Trinajstić information content (AvgIpc) is 2.74. The fraction of sp³-hybridized carbons (Fsp3) is 0.900. The molecule has 0 amide bonds. The zero-order valence-corrected chi connectivity index (χ0v) is 10.4. The van der Waals surface area contributed by atoms with Gasteiger partial charge in [-0.15, -0.1) is 4.31 Å². The molecule has 0 aromatic heterocycles. The molecule has 0 aromatic carbocycles. The van der Waals surface area contributed by atoms with Gasteiger partial charge in [-0.3, -0.25) is 4.79 Å². The molecule has 1 aliphatic heterocycles. The topological polar surface area (TPSA) is 43.1 Å². The van der Waals surface area contributed by atoms with Crippen LogP contribution in [0.15, 0.2) is 0 Å². The van der Waals surface area contributed by atoms with E-state index in [1.807, 2.05) is 32.0 Å². The van der Waals surface area contributed by atoms with Gasteiger partial charge in [0.15, 0.2) is 5.78 Å². The van der Waals surface area contributed by atoms with Crippen molar-refractivity contribution in [3.05, 3.63) is 0 Å². The zero-order valence-electron chi connectivity index (χ0n) is 9.53. The highest BCUT2D eigenvalue weighted by Gasteiger charge is 2.60. The second-order valence-corrected chi connectivity index (χ2v) is 6.90. The van der Waals surface area contributed by atoms with Crippen molar-refractivity contribution in [2.75, 3.05) is 0 Å². The highest BCUT2D eigenvalue weighted by molar-refractivity contribution is 7.90. The molecule has 1 aliphatic rings. The maximum Gasteiger partial charge on any atom is 0.153 e. The van der Waals surface area contributed by atoms with Crippen LogP contribution in [0.5, 0.6) is 0 Å². The third-order valence-corrected chi connectivity index (χ3v) is 4.35. The van der Waals surface area contributed by atoms with Crippen LogP contribution in [0, 0.1) is 0 Å². The fourth-order valence-electron chi connectivity index (χ4n) is 1.65. The van der Waals surface area contributed by atoms with Crippen LogP contribution >= 0.6 is 0 Å². The van der Waals surface area contributed by atoms with Crippen molar-refractivity contribution in [2.45, 2.75) is 57.9 Å². The summed E-state index contributed by atoms with van der Waals surface area (Å²) in [5.41, 5.74) is 0. The van der Waals surface area contributed by atoms with Crippen molar-refractivity contribution in [3.63, 3.8) is 0 Å². The maximum absolute atomic E-state index is 12.0. The maximum atomic E-state index is 12.0. The molecule has 1 rings (SSSR count). The minimum absolute atomic E-state index is 0.0972. The molecule has 0 spiro atoms. The summed E-state index contributed by atoms with van der Waals surface area (Å²) in [6.07, 6.45) is 0.895. The minimum atomic E-state index is -1.05. The van der Waals surface area contributed by atoms with Gasteiger partial charge in [0.1, 0.15) is 10.8 Å². The lowest BCUT2D eigenvalue weighted by Gasteiger charge is -2.24. The van der Waals surface area contributed by atoms with Crippen LogP contribution < -0.4 is 0 Å². The molecule has 0 saturated carbocycles. The van der Waals surface area contributed by atoms with Crippen molar-refractivity contribution >= 4 is 17.1 Å². The third-order valence-electron chi connectivity index (χ3n) is 2.43. The number of ketones is 1. The number of carbonyl (C=O) groups excluding carboxylic acids is 1. The van der Waals surface area contributed by atoms with Gasteiger partial charge in [-0.05, 0) is 34.1 Å². The Morgan fingerprint density at radius 2 is 2.00 bits per heavy atom. The molecule has 1 saturated heterocycles. The van der Waals surface area contributed by atoms with Gasteiger partial charge in [0.2, 0.25) is 0 Å². The van der Waals surface area contributed by atoms with E-state index < -0.39 is 11.4 Å². The molecular formula is C10H19NO2S. The van der Waals surface area contributed by atoms with Gasteiger partial charge in [0, 0.05) is 11.4 Å². The Bertz CT molecular complexity index is 237. The van der Waals surface area contributed by atoms with Crippen LogP contribution in [-0.4, -0.2) is 31.5 Å². The summed E-state index contributed by atoms with van der Waals surface area (Å²) in [6.45, 7) is 9.41. The predicted molar refractivity (Wildman–Crippen MR) is 58.3 cm³/mol. The van der Waals surface area contributed by atoms with Crippen LogP contribution in [0.2, 0.25) is 0 Å². The van der Waals surface area contributed by atoms with E-state index in [1.165, 1.54) is 0 Å². The van der Waals surface area contributed by atoms with Crippen molar-refractivity contribution in [1.82, 2.24) is 4.31 Å². The Morgan fingerprint density at radius 3 is 2.21 bits per heavy atom. The molecule has 0 bridgehead atoms. The van der Waals surface area contributed by atoms with E-state index in [0.717, 1.165) is 6.42 Å². The fourth-order valence-corrected chi connectivity index (χ4v) is 3.24. The molecule has 1 unspecified atom stereocenters. The Kier molecular flexibility index (Phi) is 3.29.